The fraction of sp³-hybridized carbons (Fsp3) is 0.632. The average molecular weight is 442 g/mol. The Kier molecular flexibility index (Phi) is 7.62. The number of ether oxygens (including phenoxy) is 1. The summed E-state index contributed by atoms with van der Waals surface area (Å²) in [5.74, 6) is 0. The third-order valence-electron chi connectivity index (χ3n) is 5.19. The Balaban J connectivity index is 2.20. The van der Waals surface area contributed by atoms with E-state index in [0.29, 0.717) is 31.4 Å². The molecule has 1 aromatic carbocycles. The number of halogens is 6. The summed E-state index contributed by atoms with van der Waals surface area (Å²) in [4.78, 5) is 12.9. The zero-order valence-electron chi connectivity index (χ0n) is 16.5. The van der Waals surface area contributed by atoms with Crippen LogP contribution in [-0.4, -0.2) is 47.9 Å². The first kappa shape index (κ1) is 24.3. The van der Waals surface area contributed by atoms with Crippen molar-refractivity contribution in [2.75, 3.05) is 13.7 Å². The lowest BCUT2D eigenvalue weighted by Gasteiger charge is -2.43. The first-order valence-electron chi connectivity index (χ1n) is 9.38. The number of nitrogens with one attached hydrogen (secondary N) is 1. The molecule has 11 heteroatoms. The van der Waals surface area contributed by atoms with E-state index in [1.165, 1.54) is 12.0 Å². The van der Waals surface area contributed by atoms with Crippen molar-refractivity contribution in [1.29, 1.82) is 0 Å². The molecule has 1 aliphatic rings. The summed E-state index contributed by atoms with van der Waals surface area (Å²) in [5, 5.41) is 12.5. The van der Waals surface area contributed by atoms with Crippen molar-refractivity contribution in [2.45, 2.75) is 63.2 Å². The van der Waals surface area contributed by atoms with Gasteiger partial charge in [0, 0.05) is 25.7 Å². The van der Waals surface area contributed by atoms with Gasteiger partial charge in [-0.1, -0.05) is 6.92 Å². The topological polar surface area (TPSA) is 61.8 Å². The third kappa shape index (κ3) is 6.00. The molecule has 1 fully saturated rings. The minimum Gasteiger partial charge on any atom is -0.465 e. The quantitative estimate of drug-likeness (QED) is 0.625. The van der Waals surface area contributed by atoms with Gasteiger partial charge in [0.05, 0.1) is 23.8 Å². The van der Waals surface area contributed by atoms with E-state index in [1.807, 2.05) is 6.92 Å². The number of amides is 1. The van der Waals surface area contributed by atoms with E-state index in [1.54, 1.807) is 0 Å². The maximum absolute atomic E-state index is 13.0. The molecule has 2 N–H and O–H groups in total. The van der Waals surface area contributed by atoms with Crippen LogP contribution in [0.3, 0.4) is 0 Å². The first-order valence-corrected chi connectivity index (χ1v) is 9.38. The highest BCUT2D eigenvalue weighted by molar-refractivity contribution is 5.66. The molecule has 0 aliphatic carbocycles. The smallest absolute Gasteiger partial charge is 0.416 e. The van der Waals surface area contributed by atoms with Crippen molar-refractivity contribution < 1.29 is 41.0 Å². The number of carboxylic acid groups (broad SMARTS) is 1. The van der Waals surface area contributed by atoms with Crippen LogP contribution in [0.1, 0.15) is 42.9 Å². The van der Waals surface area contributed by atoms with Crippen LogP contribution in [0.5, 0.6) is 0 Å². The summed E-state index contributed by atoms with van der Waals surface area (Å²) in [5.41, 5.74) is -2.87. The Morgan fingerprint density at radius 1 is 1.10 bits per heavy atom. The van der Waals surface area contributed by atoms with Crippen molar-refractivity contribution in [1.82, 2.24) is 10.2 Å². The predicted octanol–water partition coefficient (Wildman–Crippen LogP) is 4.75. The van der Waals surface area contributed by atoms with Crippen LogP contribution >= 0.6 is 0 Å². The molecule has 0 aromatic heterocycles. The summed E-state index contributed by atoms with van der Waals surface area (Å²) in [6, 6.07) is 0.403. The zero-order valence-corrected chi connectivity index (χ0v) is 16.5. The molecule has 0 spiro atoms. The second-order valence-electron chi connectivity index (χ2n) is 7.32. The highest BCUT2D eigenvalue weighted by atomic mass is 19.4. The van der Waals surface area contributed by atoms with Gasteiger partial charge in [0.15, 0.2) is 0 Å². The summed E-state index contributed by atoms with van der Waals surface area (Å²) in [6.45, 7) is 1.75. The van der Waals surface area contributed by atoms with Crippen LogP contribution in [0.4, 0.5) is 31.1 Å². The summed E-state index contributed by atoms with van der Waals surface area (Å²) >= 11 is 0. The van der Waals surface area contributed by atoms with Crippen molar-refractivity contribution in [3.8, 4) is 0 Å². The number of hydrogen-bond acceptors (Lipinski definition) is 3. The maximum atomic E-state index is 13.0. The zero-order chi connectivity index (χ0) is 22.7. The van der Waals surface area contributed by atoms with Crippen molar-refractivity contribution >= 4 is 6.09 Å². The highest BCUT2D eigenvalue weighted by Gasteiger charge is 2.39. The fourth-order valence-electron chi connectivity index (χ4n) is 3.85. The Bertz CT molecular complexity index is 706. The molecule has 1 amide bonds. The second-order valence-corrected chi connectivity index (χ2v) is 7.32. The molecule has 1 heterocycles. The van der Waals surface area contributed by atoms with Crippen molar-refractivity contribution in [2.24, 2.45) is 0 Å². The standard InChI is InChI=1S/C19H24F6N2O3/c1-3-15-7-14(8-16(10-30-2)27(15)17(28)29)26-9-11-4-12(18(20,21)22)6-13(5-11)19(23,24)25/h4-6,14-16,26H,3,7-10H2,1-2H3,(H,28,29). The SMILES string of the molecule is CCC1CC(NCc2cc(C(F)(F)F)cc(C(F)(F)F)c2)CC(COC)N1C(=O)O. The van der Waals surface area contributed by atoms with Crippen LogP contribution < -0.4 is 5.32 Å². The van der Waals surface area contributed by atoms with Gasteiger partial charge in [-0.05, 0) is 43.0 Å². The summed E-state index contributed by atoms with van der Waals surface area (Å²) in [6.07, 6.45) is -9.64. The maximum Gasteiger partial charge on any atom is 0.416 e. The Labute approximate surface area is 170 Å². The number of nitrogens with zero attached hydrogens (tertiary/aromatic N) is 1. The summed E-state index contributed by atoms with van der Waals surface area (Å²) in [7, 11) is 1.43. The molecule has 0 radical (unpaired) electrons. The molecule has 30 heavy (non-hydrogen) atoms. The Morgan fingerprint density at radius 3 is 2.07 bits per heavy atom. The number of methoxy groups -OCH3 is 1. The number of benzene rings is 1. The van der Waals surface area contributed by atoms with Crippen molar-refractivity contribution in [3.63, 3.8) is 0 Å². The molecular weight excluding hydrogens is 418 g/mol. The predicted molar refractivity (Wildman–Crippen MR) is 95.9 cm³/mol. The first-order chi connectivity index (χ1) is 13.9. The molecule has 3 unspecified atom stereocenters. The molecule has 0 saturated carbocycles. The Hall–Kier alpha value is -2.01. The minimum atomic E-state index is -4.90. The van der Waals surface area contributed by atoms with Crippen LogP contribution in [0.2, 0.25) is 0 Å². The minimum absolute atomic E-state index is 0.0938. The van der Waals surface area contributed by atoms with Crippen LogP contribution in [0.25, 0.3) is 0 Å². The van der Waals surface area contributed by atoms with Crippen LogP contribution in [0, 0.1) is 0 Å². The van der Waals surface area contributed by atoms with Gasteiger partial charge in [-0.25, -0.2) is 4.79 Å². The number of carbonyl (C=O) groups is 1. The Morgan fingerprint density at radius 2 is 1.63 bits per heavy atom. The molecular formula is C19H24F6N2O3. The van der Waals surface area contributed by atoms with Gasteiger partial charge in [-0.3, -0.25) is 4.90 Å². The van der Waals surface area contributed by atoms with E-state index in [2.05, 4.69) is 5.32 Å². The normalized spacial score (nSPS) is 22.9. The van der Waals surface area contributed by atoms with Crippen LogP contribution in [-0.2, 0) is 23.6 Å². The van der Waals surface area contributed by atoms with Gasteiger partial charge in [0.2, 0.25) is 0 Å². The van der Waals surface area contributed by atoms with E-state index < -0.39 is 35.6 Å². The second kappa shape index (κ2) is 9.42. The third-order valence-corrected chi connectivity index (χ3v) is 5.19. The largest absolute Gasteiger partial charge is 0.465 e. The number of piperidine rings is 1. The lowest BCUT2D eigenvalue weighted by atomic mass is 9.90. The molecule has 1 aromatic rings. The van der Waals surface area contributed by atoms with E-state index in [9.17, 15) is 36.2 Å². The van der Waals surface area contributed by atoms with Crippen LogP contribution in [0.15, 0.2) is 18.2 Å². The van der Waals surface area contributed by atoms with E-state index in [4.69, 9.17) is 4.74 Å². The monoisotopic (exact) mass is 442 g/mol. The van der Waals surface area contributed by atoms with E-state index in [-0.39, 0.29) is 36.9 Å². The lowest BCUT2D eigenvalue weighted by molar-refractivity contribution is -0.143. The summed E-state index contributed by atoms with van der Waals surface area (Å²) < 4.78 is 83.2. The molecule has 170 valence electrons. The van der Waals surface area contributed by atoms with Gasteiger partial charge >= 0.3 is 18.4 Å². The molecule has 1 aliphatic heterocycles. The van der Waals surface area contributed by atoms with Gasteiger partial charge < -0.3 is 15.2 Å². The van der Waals surface area contributed by atoms with Crippen molar-refractivity contribution in [3.05, 3.63) is 34.9 Å². The molecule has 1 saturated heterocycles. The number of alkyl halides is 6. The number of likely N-dealkylation sites (tertiary alicyclic amines) is 1. The average Bonchev–Trinajstić information content (AvgIpc) is 2.64. The fourth-order valence-corrected chi connectivity index (χ4v) is 3.85. The van der Waals surface area contributed by atoms with E-state index >= 15 is 0 Å². The van der Waals surface area contributed by atoms with Gasteiger partial charge in [0.25, 0.3) is 0 Å². The highest BCUT2D eigenvalue weighted by Crippen LogP contribution is 2.36. The molecule has 5 nitrogen and oxygen atoms in total. The van der Waals surface area contributed by atoms with Gasteiger partial charge in [-0.15, -0.1) is 0 Å². The molecule has 0 bridgehead atoms. The number of hydrogen-bond donors (Lipinski definition) is 2. The van der Waals surface area contributed by atoms with Gasteiger partial charge in [-0.2, -0.15) is 26.3 Å². The molecule has 3 atom stereocenters. The van der Waals surface area contributed by atoms with Gasteiger partial charge in [0.1, 0.15) is 0 Å². The molecule has 2 rings (SSSR count). The number of rotatable bonds is 6. The van der Waals surface area contributed by atoms with E-state index in [0.717, 1.165) is 0 Å². The lowest BCUT2D eigenvalue weighted by Crippen LogP contribution is -2.57.